The number of benzene rings is 1. The van der Waals surface area contributed by atoms with Crippen LogP contribution in [0.4, 0.5) is 0 Å². The predicted octanol–water partition coefficient (Wildman–Crippen LogP) is 10.9. The van der Waals surface area contributed by atoms with Gasteiger partial charge in [-0.1, -0.05) is 170 Å². The third-order valence-electron chi connectivity index (χ3n) is 8.02. The van der Waals surface area contributed by atoms with Crippen molar-refractivity contribution in [3.8, 4) is 0 Å². The monoisotopic (exact) mass is 493 g/mol. The lowest BCUT2D eigenvalue weighted by molar-refractivity contribution is 0.284. The molecule has 2 rings (SSSR count). The van der Waals surface area contributed by atoms with Crippen LogP contribution in [0.3, 0.4) is 0 Å². The average molecular weight is 494 g/mol. The van der Waals surface area contributed by atoms with Gasteiger partial charge in [0.2, 0.25) is 6.17 Å². The Balaban J connectivity index is 1.73. The van der Waals surface area contributed by atoms with Crippen molar-refractivity contribution >= 4 is 12.4 Å². The van der Waals surface area contributed by atoms with Gasteiger partial charge in [0.15, 0.2) is 12.4 Å². The van der Waals surface area contributed by atoms with E-state index in [1.54, 1.807) is 0 Å². The molecule has 0 aliphatic carbocycles. The lowest BCUT2D eigenvalue weighted by Gasteiger charge is -2.26. The molecule has 2 nitrogen and oxygen atoms in total. The van der Waals surface area contributed by atoms with Gasteiger partial charge in [-0.15, -0.1) is 0 Å². The van der Waals surface area contributed by atoms with Crippen LogP contribution in [-0.2, 0) is 6.42 Å². The van der Waals surface area contributed by atoms with Gasteiger partial charge in [0.1, 0.15) is 0 Å². The summed E-state index contributed by atoms with van der Waals surface area (Å²) >= 11 is 0. The SMILES string of the molecule is CCCCCCCCCCCCCCCC(Cc1ccccc1)C(CCCCCCC)[C+]1N=CC=N1. The number of nitrogens with zero attached hydrogens (tertiary/aromatic N) is 2. The molecule has 1 aliphatic heterocycles. The maximum absolute atomic E-state index is 4.70. The van der Waals surface area contributed by atoms with Gasteiger partial charge in [0, 0.05) is 0 Å². The van der Waals surface area contributed by atoms with E-state index in [-0.39, 0.29) is 0 Å². The molecule has 0 bridgehead atoms. The number of hydrogen-bond donors (Lipinski definition) is 0. The average Bonchev–Trinajstić information content (AvgIpc) is 3.44. The molecule has 36 heavy (non-hydrogen) atoms. The maximum Gasteiger partial charge on any atom is 0.244 e. The highest BCUT2D eigenvalue weighted by Gasteiger charge is 2.35. The standard InChI is InChI=1S/C34H57N2/c1-3-5-7-9-10-11-12-13-14-15-16-18-22-26-32(30-31-24-20-19-21-25-31)33(34-35-28-29-36-34)27-23-17-8-6-4-2/h19-21,24-25,28-29,32-33H,3-18,22-23,26-27,30H2,1-2H3/q+1. The second-order valence-electron chi connectivity index (χ2n) is 11.2. The molecule has 2 heteroatoms. The summed E-state index contributed by atoms with van der Waals surface area (Å²) in [5, 5.41) is 0. The van der Waals surface area contributed by atoms with Crippen molar-refractivity contribution in [2.24, 2.45) is 21.8 Å². The third kappa shape index (κ3) is 14.2. The van der Waals surface area contributed by atoms with Crippen LogP contribution in [0.1, 0.15) is 148 Å². The molecular weight excluding hydrogens is 436 g/mol. The van der Waals surface area contributed by atoms with Gasteiger partial charge >= 0.3 is 0 Å². The zero-order valence-electron chi connectivity index (χ0n) is 23.9. The van der Waals surface area contributed by atoms with Gasteiger partial charge < -0.3 is 0 Å². The van der Waals surface area contributed by atoms with Crippen LogP contribution >= 0.6 is 0 Å². The molecule has 1 aliphatic rings. The second-order valence-corrected chi connectivity index (χ2v) is 11.2. The van der Waals surface area contributed by atoms with Crippen LogP contribution in [0.25, 0.3) is 0 Å². The van der Waals surface area contributed by atoms with Crippen molar-refractivity contribution in [2.75, 3.05) is 0 Å². The predicted molar refractivity (Wildman–Crippen MR) is 161 cm³/mol. The van der Waals surface area contributed by atoms with E-state index >= 15 is 0 Å². The first-order valence-corrected chi connectivity index (χ1v) is 15.8. The van der Waals surface area contributed by atoms with Crippen molar-refractivity contribution in [1.82, 2.24) is 0 Å². The first kappa shape index (κ1) is 30.7. The molecule has 1 aromatic carbocycles. The first-order chi connectivity index (χ1) is 17.8. The fourth-order valence-corrected chi connectivity index (χ4v) is 5.77. The molecule has 0 saturated heterocycles. The summed E-state index contributed by atoms with van der Waals surface area (Å²) in [6.07, 6.45) is 33.8. The number of rotatable bonds is 24. The molecular formula is C34H57N2+. The van der Waals surface area contributed by atoms with E-state index in [4.69, 9.17) is 9.98 Å². The fraction of sp³-hybridized carbons (Fsp3) is 0.735. The van der Waals surface area contributed by atoms with Crippen molar-refractivity contribution in [2.45, 2.75) is 149 Å². The highest BCUT2D eigenvalue weighted by Crippen LogP contribution is 2.37. The Morgan fingerprint density at radius 2 is 1.00 bits per heavy atom. The lowest BCUT2D eigenvalue weighted by atomic mass is 9.78. The topological polar surface area (TPSA) is 24.7 Å². The Hall–Kier alpha value is -1.57. The van der Waals surface area contributed by atoms with Crippen LogP contribution in [0.5, 0.6) is 0 Å². The Kier molecular flexibility index (Phi) is 18.3. The molecule has 202 valence electrons. The molecule has 1 aromatic rings. The first-order valence-electron chi connectivity index (χ1n) is 15.8. The van der Waals surface area contributed by atoms with Crippen molar-refractivity contribution < 1.29 is 0 Å². The van der Waals surface area contributed by atoms with Crippen LogP contribution in [0.2, 0.25) is 0 Å². The molecule has 1 heterocycles. The molecule has 0 aromatic heterocycles. The van der Waals surface area contributed by atoms with E-state index < -0.39 is 0 Å². The molecule has 2 atom stereocenters. The van der Waals surface area contributed by atoms with Crippen LogP contribution in [-0.4, -0.2) is 12.4 Å². The van der Waals surface area contributed by atoms with Gasteiger partial charge in [-0.3, -0.25) is 0 Å². The Labute approximate surface area is 224 Å². The summed E-state index contributed by atoms with van der Waals surface area (Å²) in [6, 6.07) is 11.1. The minimum Gasteiger partial charge on any atom is -0.0965 e. The maximum atomic E-state index is 4.70. The van der Waals surface area contributed by atoms with Gasteiger partial charge in [0.05, 0.1) is 5.92 Å². The van der Waals surface area contributed by atoms with Gasteiger partial charge in [0.25, 0.3) is 0 Å². The summed E-state index contributed by atoms with van der Waals surface area (Å²) in [7, 11) is 0. The van der Waals surface area contributed by atoms with E-state index in [9.17, 15) is 0 Å². The van der Waals surface area contributed by atoms with E-state index in [1.807, 2.05) is 12.4 Å². The van der Waals surface area contributed by atoms with Gasteiger partial charge in [-0.05, 0) is 30.7 Å². The Morgan fingerprint density at radius 1 is 0.556 bits per heavy atom. The minimum absolute atomic E-state index is 0.499. The van der Waals surface area contributed by atoms with Crippen LogP contribution in [0, 0.1) is 18.0 Å². The van der Waals surface area contributed by atoms with Crippen LogP contribution in [0.15, 0.2) is 40.3 Å². The summed E-state index contributed by atoms with van der Waals surface area (Å²) < 4.78 is 0. The third-order valence-corrected chi connectivity index (χ3v) is 8.02. The summed E-state index contributed by atoms with van der Waals surface area (Å²) in [5.74, 6) is 1.15. The molecule has 0 saturated carbocycles. The highest BCUT2D eigenvalue weighted by atomic mass is 15.0. The zero-order valence-corrected chi connectivity index (χ0v) is 23.9. The second kappa shape index (κ2) is 21.5. The molecule has 0 spiro atoms. The van der Waals surface area contributed by atoms with E-state index in [2.05, 4.69) is 44.2 Å². The van der Waals surface area contributed by atoms with Crippen molar-refractivity contribution in [3.05, 3.63) is 42.1 Å². The van der Waals surface area contributed by atoms with Crippen molar-refractivity contribution in [3.63, 3.8) is 0 Å². The molecule has 0 fully saturated rings. The van der Waals surface area contributed by atoms with Gasteiger partial charge in [-0.2, -0.15) is 0 Å². The Morgan fingerprint density at radius 3 is 1.50 bits per heavy atom. The molecule has 0 amide bonds. The summed E-state index contributed by atoms with van der Waals surface area (Å²) in [4.78, 5) is 9.39. The number of aliphatic imine (C=N–C) groups is 2. The van der Waals surface area contributed by atoms with Gasteiger partial charge in [-0.25, -0.2) is 0 Å². The number of hydrogen-bond acceptors (Lipinski definition) is 2. The number of unbranched alkanes of at least 4 members (excludes halogenated alkanes) is 16. The molecule has 0 radical (unpaired) electrons. The van der Waals surface area contributed by atoms with E-state index in [1.165, 1.54) is 134 Å². The van der Waals surface area contributed by atoms with E-state index in [0.29, 0.717) is 11.8 Å². The highest BCUT2D eigenvalue weighted by molar-refractivity contribution is 6.18. The molecule has 0 N–H and O–H groups in total. The normalized spacial score (nSPS) is 14.6. The summed E-state index contributed by atoms with van der Waals surface area (Å²) in [6.45, 7) is 4.60. The summed E-state index contributed by atoms with van der Waals surface area (Å²) in [5.41, 5.74) is 1.47. The van der Waals surface area contributed by atoms with Crippen LogP contribution < -0.4 is 0 Å². The molecule has 2 unspecified atom stereocenters. The largest absolute Gasteiger partial charge is 0.244 e. The van der Waals surface area contributed by atoms with Crippen molar-refractivity contribution in [1.29, 1.82) is 0 Å². The van der Waals surface area contributed by atoms with E-state index in [0.717, 1.165) is 12.6 Å². The smallest absolute Gasteiger partial charge is 0.0965 e. The fourth-order valence-electron chi connectivity index (χ4n) is 5.77. The lowest BCUT2D eigenvalue weighted by Crippen LogP contribution is -2.22. The minimum atomic E-state index is 0.499. The zero-order chi connectivity index (χ0) is 25.5. The quantitative estimate of drug-likeness (QED) is 0.101. The Bertz CT molecular complexity index is 653.